The van der Waals surface area contributed by atoms with Crippen molar-refractivity contribution < 1.29 is 45.8 Å². The molecule has 0 saturated heterocycles. The summed E-state index contributed by atoms with van der Waals surface area (Å²) in [5, 5.41) is 0. The van der Waals surface area contributed by atoms with Crippen LogP contribution in [0.1, 0.15) is 0 Å². The molecular formula is C12H8F6N2Zn. The molecule has 21 heavy (non-hydrogen) atoms. The molecule has 2 nitrogen and oxygen atoms in total. The summed E-state index contributed by atoms with van der Waals surface area (Å²) in [7, 11) is 0. The zero-order chi connectivity index (χ0) is 15.4. The Bertz CT molecular complexity index is 395. The van der Waals surface area contributed by atoms with E-state index in [1.807, 2.05) is 36.4 Å². The predicted octanol–water partition coefficient (Wildman–Crippen LogP) is 4.82. The molecule has 0 atom stereocenters. The monoisotopic (exact) mass is 358 g/mol. The normalized spacial score (nSPS) is 8.95. The second-order valence-corrected chi connectivity index (χ2v) is 2.86. The summed E-state index contributed by atoms with van der Waals surface area (Å²) in [4.78, 5) is 8.37. The number of halogens is 6. The number of rotatable bonds is 1. The van der Waals surface area contributed by atoms with E-state index in [-0.39, 0.29) is 19.5 Å². The van der Waals surface area contributed by atoms with Crippen molar-refractivity contribution in [2.24, 2.45) is 0 Å². The van der Waals surface area contributed by atoms with Gasteiger partial charge in [0.05, 0.1) is 11.4 Å². The van der Waals surface area contributed by atoms with Gasteiger partial charge < -0.3 is 26.3 Å². The van der Waals surface area contributed by atoms with Crippen LogP contribution in [0.5, 0.6) is 0 Å². The molecule has 0 aliphatic rings. The first kappa shape index (κ1) is 21.8. The molecule has 0 aliphatic heterocycles. The molecule has 2 aromatic rings. The van der Waals surface area contributed by atoms with Gasteiger partial charge in [0, 0.05) is 12.4 Å². The van der Waals surface area contributed by atoms with E-state index in [9.17, 15) is 26.3 Å². The summed E-state index contributed by atoms with van der Waals surface area (Å²) < 4.78 is 57.5. The van der Waals surface area contributed by atoms with E-state index in [4.69, 9.17) is 0 Å². The first-order valence-corrected chi connectivity index (χ1v) is 4.92. The van der Waals surface area contributed by atoms with Crippen LogP contribution in [0, 0.1) is 13.4 Å². The molecule has 0 bridgehead atoms. The van der Waals surface area contributed by atoms with Crippen molar-refractivity contribution in [2.45, 2.75) is 0 Å². The Kier molecular flexibility index (Phi) is 14.0. The van der Waals surface area contributed by atoms with Crippen molar-refractivity contribution in [1.29, 1.82) is 0 Å². The standard InChI is InChI=1S/C10H8N2.2CF3.Zn/c1-3-7-11-9(5-1)10-6-2-4-8-12-10;2*2-1(3)4;/h1-8H;;;/q;2*-1;+2. The van der Waals surface area contributed by atoms with Crippen LogP contribution >= 0.6 is 0 Å². The van der Waals surface area contributed by atoms with Crippen molar-refractivity contribution >= 4 is 0 Å². The Morgan fingerprint density at radius 2 is 0.905 bits per heavy atom. The van der Waals surface area contributed by atoms with E-state index < -0.39 is 13.4 Å². The number of hydrogen-bond acceptors (Lipinski definition) is 2. The first-order chi connectivity index (χ1) is 9.43. The van der Waals surface area contributed by atoms with Crippen LogP contribution in [0.4, 0.5) is 26.3 Å². The second kappa shape index (κ2) is 13.5. The average Bonchev–Trinajstić information content (AvgIpc) is 2.39. The van der Waals surface area contributed by atoms with Gasteiger partial charge in [0.15, 0.2) is 13.4 Å². The smallest absolute Gasteiger partial charge is 0.385 e. The molecule has 0 spiro atoms. The Hall–Kier alpha value is -1.50. The minimum absolute atomic E-state index is 0. The maximum absolute atomic E-state index is 9.58. The Morgan fingerprint density at radius 1 is 0.619 bits per heavy atom. The zero-order valence-electron chi connectivity index (χ0n) is 10.5. The van der Waals surface area contributed by atoms with Crippen LogP contribution in [0.15, 0.2) is 48.8 Å². The maximum Gasteiger partial charge on any atom is 2.00 e. The molecule has 0 radical (unpaired) electrons. The van der Waals surface area contributed by atoms with Crippen LogP contribution in [-0.2, 0) is 19.5 Å². The topological polar surface area (TPSA) is 25.8 Å². The van der Waals surface area contributed by atoms with E-state index in [2.05, 4.69) is 9.97 Å². The first-order valence-electron chi connectivity index (χ1n) is 4.92. The summed E-state index contributed by atoms with van der Waals surface area (Å²) >= 11 is 0. The van der Waals surface area contributed by atoms with Gasteiger partial charge in [-0.1, -0.05) is 12.1 Å². The van der Waals surface area contributed by atoms with Gasteiger partial charge in [-0.2, -0.15) is 0 Å². The molecule has 0 saturated carbocycles. The fourth-order valence-electron chi connectivity index (χ4n) is 1.03. The molecule has 2 heterocycles. The Labute approximate surface area is 130 Å². The van der Waals surface area contributed by atoms with Crippen molar-refractivity contribution in [2.75, 3.05) is 0 Å². The maximum atomic E-state index is 9.58. The minimum Gasteiger partial charge on any atom is -0.385 e. The largest absolute Gasteiger partial charge is 2.00 e. The molecule has 0 aromatic carbocycles. The van der Waals surface area contributed by atoms with Gasteiger partial charge in [0.25, 0.3) is 0 Å². The molecular weight excluding hydrogens is 352 g/mol. The number of hydrogen-bond donors (Lipinski definition) is 0. The number of aromatic nitrogens is 2. The van der Waals surface area contributed by atoms with Crippen molar-refractivity contribution in [1.82, 2.24) is 9.97 Å². The SMILES string of the molecule is F[C-](F)F.F[C-](F)F.[Zn+2].c1ccc(-c2ccccn2)nc1. The van der Waals surface area contributed by atoms with Gasteiger partial charge in [-0.25, -0.2) is 0 Å². The molecule has 2 aromatic heterocycles. The van der Waals surface area contributed by atoms with Crippen molar-refractivity contribution in [3.63, 3.8) is 0 Å². The Morgan fingerprint density at radius 3 is 1.10 bits per heavy atom. The molecule has 0 unspecified atom stereocenters. The third-order valence-electron chi connectivity index (χ3n) is 1.59. The minimum atomic E-state index is -3.08. The van der Waals surface area contributed by atoms with Gasteiger partial charge in [-0.15, -0.1) is 0 Å². The molecule has 110 valence electrons. The second-order valence-electron chi connectivity index (χ2n) is 2.86. The third kappa shape index (κ3) is 14.7. The van der Waals surface area contributed by atoms with E-state index in [1.54, 1.807) is 12.4 Å². The molecule has 9 heteroatoms. The molecule has 0 N–H and O–H groups in total. The summed E-state index contributed by atoms with van der Waals surface area (Å²) in [6.07, 6.45) is 3.54. The number of pyridine rings is 2. The fourth-order valence-corrected chi connectivity index (χ4v) is 1.03. The third-order valence-corrected chi connectivity index (χ3v) is 1.59. The predicted molar refractivity (Wildman–Crippen MR) is 60.6 cm³/mol. The van der Waals surface area contributed by atoms with Gasteiger partial charge in [0.2, 0.25) is 0 Å². The van der Waals surface area contributed by atoms with Gasteiger partial charge in [0.1, 0.15) is 0 Å². The van der Waals surface area contributed by atoms with E-state index in [0.29, 0.717) is 0 Å². The van der Waals surface area contributed by atoms with Crippen LogP contribution in [-0.4, -0.2) is 9.97 Å². The van der Waals surface area contributed by atoms with Gasteiger partial charge >= 0.3 is 19.5 Å². The summed E-state index contributed by atoms with van der Waals surface area (Å²) in [5.74, 6) is 0. The Balaban J connectivity index is 0. The van der Waals surface area contributed by atoms with Gasteiger partial charge in [-0.05, 0) is 24.3 Å². The molecule has 0 fully saturated rings. The van der Waals surface area contributed by atoms with Crippen LogP contribution in [0.25, 0.3) is 11.4 Å². The van der Waals surface area contributed by atoms with Crippen molar-refractivity contribution in [3.8, 4) is 11.4 Å². The summed E-state index contributed by atoms with van der Waals surface area (Å²) in [6, 6.07) is 11.6. The van der Waals surface area contributed by atoms with E-state index in [1.165, 1.54) is 0 Å². The van der Waals surface area contributed by atoms with Crippen LogP contribution in [0.2, 0.25) is 0 Å². The summed E-state index contributed by atoms with van der Waals surface area (Å²) in [6.45, 7) is -6.17. The molecule has 2 rings (SSSR count). The van der Waals surface area contributed by atoms with Crippen molar-refractivity contribution in [3.05, 3.63) is 62.2 Å². The number of nitrogens with zero attached hydrogens (tertiary/aromatic N) is 2. The zero-order valence-corrected chi connectivity index (χ0v) is 13.5. The quantitative estimate of drug-likeness (QED) is 0.414. The van der Waals surface area contributed by atoms with E-state index in [0.717, 1.165) is 11.4 Å². The average molecular weight is 360 g/mol. The van der Waals surface area contributed by atoms with E-state index >= 15 is 0 Å². The van der Waals surface area contributed by atoms with Crippen LogP contribution < -0.4 is 0 Å². The molecule has 0 aliphatic carbocycles. The molecule has 0 amide bonds. The van der Waals surface area contributed by atoms with Gasteiger partial charge in [-0.3, -0.25) is 9.97 Å². The van der Waals surface area contributed by atoms with Crippen LogP contribution in [0.3, 0.4) is 0 Å². The summed E-state index contributed by atoms with van der Waals surface area (Å²) in [5.41, 5.74) is 1.83. The fraction of sp³-hybridized carbons (Fsp3) is 0.